The Bertz CT molecular complexity index is 290. The summed E-state index contributed by atoms with van der Waals surface area (Å²) in [6.07, 6.45) is 6.08. The molecule has 0 radical (unpaired) electrons. The number of aliphatic hydroxyl groups excluding tert-OH is 1. The van der Waals surface area contributed by atoms with Gasteiger partial charge in [-0.15, -0.1) is 0 Å². The molecule has 2 unspecified atom stereocenters. The first-order valence-electron chi connectivity index (χ1n) is 9.31. The van der Waals surface area contributed by atoms with Gasteiger partial charge in [-0.3, -0.25) is 0 Å². The van der Waals surface area contributed by atoms with Crippen molar-refractivity contribution in [3.8, 4) is 0 Å². The van der Waals surface area contributed by atoms with Gasteiger partial charge in [-0.1, -0.05) is 0 Å². The highest BCUT2D eigenvalue weighted by atomic mass is 16.3. The van der Waals surface area contributed by atoms with Gasteiger partial charge in [-0.25, -0.2) is 0 Å². The fourth-order valence-electron chi connectivity index (χ4n) is 3.60. The third-order valence-electron chi connectivity index (χ3n) is 5.04. The van der Waals surface area contributed by atoms with Gasteiger partial charge in [0.25, 0.3) is 0 Å². The first kappa shape index (κ1) is 18.1. The summed E-state index contributed by atoms with van der Waals surface area (Å²) in [7, 11) is 0. The molecule has 0 saturated carbocycles. The van der Waals surface area contributed by atoms with Crippen molar-refractivity contribution in [1.82, 2.24) is 20.4 Å². The van der Waals surface area contributed by atoms with Gasteiger partial charge < -0.3 is 25.5 Å². The SMILES string of the molecule is CC1CCCN1CCCNCCNCCCN1CCC(O)C1. The van der Waals surface area contributed by atoms with E-state index in [0.717, 1.165) is 58.3 Å². The van der Waals surface area contributed by atoms with Crippen molar-refractivity contribution in [2.75, 3.05) is 58.9 Å². The number of hydrogen-bond acceptors (Lipinski definition) is 5. The van der Waals surface area contributed by atoms with Crippen LogP contribution in [0.5, 0.6) is 0 Å². The van der Waals surface area contributed by atoms with Crippen LogP contribution in [0.2, 0.25) is 0 Å². The van der Waals surface area contributed by atoms with Crippen LogP contribution in [0, 0.1) is 0 Å². The number of nitrogens with zero attached hydrogens (tertiary/aromatic N) is 2. The highest BCUT2D eigenvalue weighted by molar-refractivity contribution is 4.75. The molecule has 22 heavy (non-hydrogen) atoms. The van der Waals surface area contributed by atoms with E-state index >= 15 is 0 Å². The number of rotatable bonds is 11. The number of β-amino-alcohol motifs (C(OH)–C–C–N with tert-alkyl or cyclic N) is 1. The Morgan fingerprint density at radius 2 is 1.68 bits per heavy atom. The van der Waals surface area contributed by atoms with Gasteiger partial charge in [0.1, 0.15) is 0 Å². The molecule has 2 aliphatic rings. The van der Waals surface area contributed by atoms with E-state index in [9.17, 15) is 5.11 Å². The topological polar surface area (TPSA) is 50.8 Å². The smallest absolute Gasteiger partial charge is 0.0679 e. The molecule has 2 saturated heterocycles. The Morgan fingerprint density at radius 3 is 2.27 bits per heavy atom. The van der Waals surface area contributed by atoms with E-state index in [-0.39, 0.29) is 6.10 Å². The molecule has 0 aromatic rings. The first-order valence-corrected chi connectivity index (χ1v) is 9.31. The minimum atomic E-state index is -0.0827. The van der Waals surface area contributed by atoms with Gasteiger partial charge in [-0.2, -0.15) is 0 Å². The van der Waals surface area contributed by atoms with Crippen LogP contribution >= 0.6 is 0 Å². The molecule has 0 amide bonds. The van der Waals surface area contributed by atoms with Gasteiger partial charge in [0, 0.05) is 32.2 Å². The molecule has 2 rings (SSSR count). The second-order valence-corrected chi connectivity index (χ2v) is 6.98. The average molecular weight is 313 g/mol. The fourth-order valence-corrected chi connectivity index (χ4v) is 3.60. The lowest BCUT2D eigenvalue weighted by Crippen LogP contribution is -2.33. The highest BCUT2D eigenvalue weighted by Crippen LogP contribution is 2.15. The summed E-state index contributed by atoms with van der Waals surface area (Å²) in [5.74, 6) is 0. The third kappa shape index (κ3) is 6.92. The van der Waals surface area contributed by atoms with Crippen LogP contribution in [-0.4, -0.2) is 86.0 Å². The maximum atomic E-state index is 9.46. The van der Waals surface area contributed by atoms with Gasteiger partial charge >= 0.3 is 0 Å². The summed E-state index contributed by atoms with van der Waals surface area (Å²) in [6, 6.07) is 0.804. The number of aliphatic hydroxyl groups is 1. The lowest BCUT2D eigenvalue weighted by Gasteiger charge is -2.20. The Kier molecular flexibility index (Phi) is 8.70. The summed E-state index contributed by atoms with van der Waals surface area (Å²) in [4.78, 5) is 4.99. The molecule has 5 nitrogen and oxygen atoms in total. The van der Waals surface area contributed by atoms with Crippen LogP contribution in [0.1, 0.15) is 39.0 Å². The number of likely N-dealkylation sites (tertiary alicyclic amines) is 2. The number of nitrogens with one attached hydrogen (secondary N) is 2. The van der Waals surface area contributed by atoms with Crippen molar-refractivity contribution in [3.05, 3.63) is 0 Å². The van der Waals surface area contributed by atoms with E-state index in [0.29, 0.717) is 0 Å². The molecule has 0 spiro atoms. The fraction of sp³-hybridized carbons (Fsp3) is 1.00. The molecular formula is C17H36N4O. The van der Waals surface area contributed by atoms with Gasteiger partial charge in [0.15, 0.2) is 0 Å². The van der Waals surface area contributed by atoms with Crippen molar-refractivity contribution in [1.29, 1.82) is 0 Å². The standard InChI is InChI=1S/C17H36N4O/c1-16-5-2-12-21(16)13-4-8-19-10-9-18-7-3-11-20-14-6-17(22)15-20/h16-19,22H,2-15H2,1H3. The monoisotopic (exact) mass is 312 g/mol. The zero-order valence-corrected chi connectivity index (χ0v) is 14.4. The van der Waals surface area contributed by atoms with Crippen molar-refractivity contribution in [2.45, 2.75) is 51.2 Å². The lowest BCUT2D eigenvalue weighted by atomic mass is 10.2. The minimum absolute atomic E-state index is 0.0827. The van der Waals surface area contributed by atoms with Crippen LogP contribution in [0.15, 0.2) is 0 Å². The molecule has 0 aliphatic carbocycles. The second kappa shape index (κ2) is 10.6. The van der Waals surface area contributed by atoms with E-state index in [1.807, 2.05) is 0 Å². The second-order valence-electron chi connectivity index (χ2n) is 6.98. The molecule has 130 valence electrons. The van der Waals surface area contributed by atoms with Crippen molar-refractivity contribution < 1.29 is 5.11 Å². The number of hydrogen-bond donors (Lipinski definition) is 3. The third-order valence-corrected chi connectivity index (χ3v) is 5.04. The van der Waals surface area contributed by atoms with Crippen LogP contribution in [0.25, 0.3) is 0 Å². The molecule has 0 bridgehead atoms. The largest absolute Gasteiger partial charge is 0.392 e. The summed E-state index contributed by atoms with van der Waals surface area (Å²) < 4.78 is 0. The molecular weight excluding hydrogens is 276 g/mol. The quantitative estimate of drug-likeness (QED) is 0.485. The maximum absolute atomic E-state index is 9.46. The van der Waals surface area contributed by atoms with E-state index in [4.69, 9.17) is 0 Å². The van der Waals surface area contributed by atoms with Crippen molar-refractivity contribution >= 4 is 0 Å². The zero-order chi connectivity index (χ0) is 15.6. The predicted octanol–water partition coefficient (Wildman–Crippen LogP) is 0.497. The van der Waals surface area contributed by atoms with Crippen molar-refractivity contribution in [2.24, 2.45) is 0 Å². The summed E-state index contributed by atoms with van der Waals surface area (Å²) in [5, 5.41) is 16.5. The normalized spacial score (nSPS) is 27.0. The van der Waals surface area contributed by atoms with Crippen molar-refractivity contribution in [3.63, 3.8) is 0 Å². The summed E-state index contributed by atoms with van der Waals surface area (Å²) in [6.45, 7) is 12.3. The van der Waals surface area contributed by atoms with Gasteiger partial charge in [0.2, 0.25) is 0 Å². The molecule has 5 heteroatoms. The molecule has 2 atom stereocenters. The molecule has 2 heterocycles. The summed E-state index contributed by atoms with van der Waals surface area (Å²) in [5.41, 5.74) is 0. The van der Waals surface area contributed by atoms with Crippen LogP contribution in [0.3, 0.4) is 0 Å². The zero-order valence-electron chi connectivity index (χ0n) is 14.4. The Balaban J connectivity index is 1.30. The van der Waals surface area contributed by atoms with E-state index < -0.39 is 0 Å². The Hall–Kier alpha value is -0.200. The molecule has 2 fully saturated rings. The minimum Gasteiger partial charge on any atom is -0.392 e. The Morgan fingerprint density at radius 1 is 0.955 bits per heavy atom. The molecule has 0 aromatic carbocycles. The van der Waals surface area contributed by atoms with E-state index in [2.05, 4.69) is 27.4 Å². The molecule has 3 N–H and O–H groups in total. The van der Waals surface area contributed by atoms with Gasteiger partial charge in [-0.05, 0) is 71.8 Å². The first-order chi connectivity index (χ1) is 10.8. The Labute approximate surface area is 136 Å². The average Bonchev–Trinajstić information content (AvgIpc) is 3.10. The highest BCUT2D eigenvalue weighted by Gasteiger charge is 2.19. The lowest BCUT2D eigenvalue weighted by molar-refractivity contribution is 0.176. The summed E-state index contributed by atoms with van der Waals surface area (Å²) >= 11 is 0. The van der Waals surface area contributed by atoms with Gasteiger partial charge in [0.05, 0.1) is 6.10 Å². The maximum Gasteiger partial charge on any atom is 0.0679 e. The van der Waals surface area contributed by atoms with E-state index in [1.165, 1.54) is 38.8 Å². The van der Waals surface area contributed by atoms with Crippen LogP contribution < -0.4 is 10.6 Å². The van der Waals surface area contributed by atoms with Crippen LogP contribution in [0.4, 0.5) is 0 Å². The predicted molar refractivity (Wildman–Crippen MR) is 92.3 cm³/mol. The molecule has 0 aromatic heterocycles. The van der Waals surface area contributed by atoms with E-state index in [1.54, 1.807) is 0 Å². The molecule has 2 aliphatic heterocycles. The van der Waals surface area contributed by atoms with Crippen LogP contribution in [-0.2, 0) is 0 Å².